The molecule has 32 heavy (non-hydrogen) atoms. The quantitative estimate of drug-likeness (QED) is 0.579. The van der Waals surface area contributed by atoms with Crippen molar-refractivity contribution < 1.29 is 27.1 Å². The van der Waals surface area contributed by atoms with Gasteiger partial charge < -0.3 is 19.2 Å². The van der Waals surface area contributed by atoms with Crippen molar-refractivity contribution in [1.82, 2.24) is 5.32 Å². The van der Waals surface area contributed by atoms with Crippen LogP contribution in [0.5, 0.6) is 17.2 Å². The smallest absolute Gasteiger partial charge is 0.261 e. The summed E-state index contributed by atoms with van der Waals surface area (Å²) in [6, 6.07) is 10.7. The van der Waals surface area contributed by atoms with Gasteiger partial charge in [-0.2, -0.15) is 0 Å². The number of rotatable bonds is 6. The van der Waals surface area contributed by atoms with Crippen LogP contribution in [0.25, 0.3) is 11.0 Å². The van der Waals surface area contributed by atoms with Gasteiger partial charge in [-0.15, -0.1) is 0 Å². The van der Waals surface area contributed by atoms with Crippen LogP contribution in [0.3, 0.4) is 0 Å². The number of benzene rings is 2. The Morgan fingerprint density at radius 2 is 1.91 bits per heavy atom. The monoisotopic (exact) mass is 477 g/mol. The number of amides is 1. The Labute approximate surface area is 189 Å². The summed E-state index contributed by atoms with van der Waals surface area (Å²) in [6.07, 6.45) is 0.734. The Hall–Kier alpha value is -3.04. The molecule has 168 valence electrons. The highest BCUT2D eigenvalue weighted by atomic mass is 35.5. The minimum atomic E-state index is -3.09. The highest BCUT2D eigenvalue weighted by molar-refractivity contribution is 7.91. The van der Waals surface area contributed by atoms with Crippen molar-refractivity contribution in [2.24, 2.45) is 0 Å². The molecule has 8 nitrogen and oxygen atoms in total. The van der Waals surface area contributed by atoms with E-state index >= 15 is 0 Å². The third-order valence-electron chi connectivity index (χ3n) is 5.02. The van der Waals surface area contributed by atoms with Gasteiger partial charge in [0.2, 0.25) is 11.2 Å². The maximum absolute atomic E-state index is 12.7. The number of carbonyl (C=O) groups is 1. The summed E-state index contributed by atoms with van der Waals surface area (Å²) in [4.78, 5) is 25.1. The summed E-state index contributed by atoms with van der Waals surface area (Å²) in [7, 11) is -3.09. The van der Waals surface area contributed by atoms with Crippen LogP contribution in [0.4, 0.5) is 0 Å². The third-order valence-corrected chi connectivity index (χ3v) is 7.04. The molecule has 0 bridgehead atoms. The Kier molecular flexibility index (Phi) is 6.12. The summed E-state index contributed by atoms with van der Waals surface area (Å²) in [6.45, 7) is 1.56. The van der Waals surface area contributed by atoms with Crippen molar-refractivity contribution in [2.45, 2.75) is 25.5 Å². The standard InChI is InChI=1S/C22H20ClNO7S/c1-13(22(26)24-15-8-9-32(27,28)12-15)30-17-6-7-18-19(10-17)29-11-20(21(18)25)31-16-4-2-14(23)3-5-16/h2-7,10-11,13,15H,8-9,12H2,1H3,(H,24,26)/t13-,15-/m1/s1. The predicted molar refractivity (Wildman–Crippen MR) is 119 cm³/mol. The van der Waals surface area contributed by atoms with Gasteiger partial charge in [0.05, 0.1) is 16.9 Å². The number of fused-ring (bicyclic) bond motifs is 1. The van der Waals surface area contributed by atoms with Gasteiger partial charge in [0.15, 0.2) is 15.9 Å². The summed E-state index contributed by atoms with van der Waals surface area (Å²) in [5, 5.41) is 3.53. The van der Waals surface area contributed by atoms with E-state index in [9.17, 15) is 18.0 Å². The zero-order valence-corrected chi connectivity index (χ0v) is 18.6. The molecule has 2 heterocycles. The number of nitrogens with one attached hydrogen (secondary N) is 1. The molecule has 0 radical (unpaired) electrons. The molecule has 3 aromatic rings. The summed E-state index contributed by atoms with van der Waals surface area (Å²) < 4.78 is 39.9. The Morgan fingerprint density at radius 3 is 2.59 bits per heavy atom. The van der Waals surface area contributed by atoms with E-state index in [-0.39, 0.29) is 33.7 Å². The largest absolute Gasteiger partial charge is 0.481 e. The fourth-order valence-corrected chi connectivity index (χ4v) is 5.15. The highest BCUT2D eigenvalue weighted by Gasteiger charge is 2.30. The molecule has 0 saturated carbocycles. The second kappa shape index (κ2) is 8.84. The molecule has 1 N–H and O–H groups in total. The second-order valence-electron chi connectivity index (χ2n) is 7.51. The molecule has 1 aliphatic rings. The lowest BCUT2D eigenvalue weighted by Crippen LogP contribution is -2.43. The Bertz CT molecular complexity index is 1320. The number of carbonyl (C=O) groups excluding carboxylic acids is 1. The topological polar surface area (TPSA) is 112 Å². The molecule has 0 aliphatic carbocycles. The number of hydrogen-bond acceptors (Lipinski definition) is 7. The number of halogens is 1. The minimum absolute atomic E-state index is 0.0211. The average molecular weight is 478 g/mol. The van der Waals surface area contributed by atoms with E-state index < -0.39 is 27.9 Å². The van der Waals surface area contributed by atoms with Gasteiger partial charge >= 0.3 is 0 Å². The third kappa shape index (κ3) is 5.05. The van der Waals surface area contributed by atoms with E-state index in [1.54, 1.807) is 37.3 Å². The molecule has 2 aromatic carbocycles. The highest BCUT2D eigenvalue weighted by Crippen LogP contribution is 2.25. The number of sulfone groups is 1. The fourth-order valence-electron chi connectivity index (χ4n) is 3.35. The molecule has 10 heteroatoms. The molecular weight excluding hydrogens is 458 g/mol. The van der Waals surface area contributed by atoms with E-state index in [0.29, 0.717) is 22.9 Å². The van der Waals surface area contributed by atoms with E-state index in [4.69, 9.17) is 25.5 Å². The molecule has 2 atom stereocenters. The van der Waals surface area contributed by atoms with Crippen LogP contribution in [0.1, 0.15) is 13.3 Å². The average Bonchev–Trinajstić information content (AvgIpc) is 3.09. The van der Waals surface area contributed by atoms with E-state index in [1.807, 2.05) is 0 Å². The SMILES string of the molecule is C[C@@H](Oc1ccc2c(=O)c(Oc3ccc(Cl)cc3)coc2c1)C(=O)N[C@@H]1CCS(=O)(=O)C1. The normalized spacial score (nSPS) is 18.2. The van der Waals surface area contributed by atoms with Crippen LogP contribution in [0, 0.1) is 0 Å². The van der Waals surface area contributed by atoms with Gasteiger partial charge in [-0.05, 0) is 49.7 Å². The lowest BCUT2D eigenvalue weighted by molar-refractivity contribution is -0.127. The molecule has 0 unspecified atom stereocenters. The van der Waals surface area contributed by atoms with Gasteiger partial charge in [0, 0.05) is 17.1 Å². The van der Waals surface area contributed by atoms with Crippen molar-refractivity contribution in [3.8, 4) is 17.2 Å². The fraction of sp³-hybridized carbons (Fsp3) is 0.273. The first-order valence-electron chi connectivity index (χ1n) is 9.87. The summed E-state index contributed by atoms with van der Waals surface area (Å²) in [5.41, 5.74) is -0.0913. The van der Waals surface area contributed by atoms with Gasteiger partial charge in [-0.3, -0.25) is 9.59 Å². The number of ether oxygens (including phenoxy) is 2. The zero-order valence-electron chi connectivity index (χ0n) is 17.0. The number of hydrogen-bond donors (Lipinski definition) is 1. The first kappa shape index (κ1) is 22.2. The first-order valence-corrected chi connectivity index (χ1v) is 12.1. The van der Waals surface area contributed by atoms with Crippen molar-refractivity contribution in [3.63, 3.8) is 0 Å². The van der Waals surface area contributed by atoms with Crippen LogP contribution >= 0.6 is 11.6 Å². The summed E-state index contributed by atoms with van der Waals surface area (Å²) in [5.74, 6) is 0.380. The van der Waals surface area contributed by atoms with Gasteiger partial charge in [-0.1, -0.05) is 11.6 Å². The van der Waals surface area contributed by atoms with Crippen LogP contribution in [0.2, 0.25) is 5.02 Å². The van der Waals surface area contributed by atoms with Crippen LogP contribution in [-0.4, -0.2) is 38.0 Å². The maximum Gasteiger partial charge on any atom is 0.261 e. The molecular formula is C22H20ClNO7S. The lowest BCUT2D eigenvalue weighted by Gasteiger charge is -2.17. The molecule has 1 amide bonds. The molecule has 1 aliphatic heterocycles. The van der Waals surface area contributed by atoms with E-state index in [2.05, 4.69) is 5.32 Å². The van der Waals surface area contributed by atoms with Crippen molar-refractivity contribution in [1.29, 1.82) is 0 Å². The predicted octanol–water partition coefficient (Wildman–Crippen LogP) is 3.31. The molecule has 4 rings (SSSR count). The molecule has 1 aromatic heterocycles. The zero-order chi connectivity index (χ0) is 22.9. The molecule has 1 saturated heterocycles. The lowest BCUT2D eigenvalue weighted by atomic mass is 10.2. The Balaban J connectivity index is 1.45. The van der Waals surface area contributed by atoms with Crippen molar-refractivity contribution in [2.75, 3.05) is 11.5 Å². The van der Waals surface area contributed by atoms with Crippen LogP contribution in [-0.2, 0) is 14.6 Å². The van der Waals surface area contributed by atoms with Crippen LogP contribution in [0.15, 0.2) is 57.9 Å². The maximum atomic E-state index is 12.7. The minimum Gasteiger partial charge on any atom is -0.481 e. The Morgan fingerprint density at radius 1 is 1.19 bits per heavy atom. The second-order valence-corrected chi connectivity index (χ2v) is 10.2. The van der Waals surface area contributed by atoms with E-state index in [0.717, 1.165) is 0 Å². The molecule has 0 spiro atoms. The van der Waals surface area contributed by atoms with E-state index in [1.165, 1.54) is 18.4 Å². The van der Waals surface area contributed by atoms with Gasteiger partial charge in [0.1, 0.15) is 23.3 Å². The van der Waals surface area contributed by atoms with Crippen LogP contribution < -0.4 is 20.2 Å². The van der Waals surface area contributed by atoms with Crippen molar-refractivity contribution in [3.05, 3.63) is 64.0 Å². The van der Waals surface area contributed by atoms with Gasteiger partial charge in [-0.25, -0.2) is 8.42 Å². The first-order chi connectivity index (χ1) is 15.2. The van der Waals surface area contributed by atoms with Crippen molar-refractivity contribution >= 4 is 38.3 Å². The molecule has 1 fully saturated rings. The summed E-state index contributed by atoms with van der Waals surface area (Å²) >= 11 is 5.85. The van der Waals surface area contributed by atoms with Gasteiger partial charge in [0.25, 0.3) is 5.91 Å².